The maximum Gasteiger partial charge on any atom is 0.337 e. The second kappa shape index (κ2) is 14.2. The van der Waals surface area contributed by atoms with Crippen LogP contribution >= 0.6 is 0 Å². The summed E-state index contributed by atoms with van der Waals surface area (Å²) >= 11 is 0. The average molecular weight is 638 g/mol. The number of hydrogen-bond donors (Lipinski definition) is 13. The Kier molecular flexibility index (Phi) is 11.7. The van der Waals surface area contributed by atoms with Gasteiger partial charge in [-0.3, -0.25) is 14.2 Å². The maximum absolute atomic E-state index is 12.3. The quantitative estimate of drug-likeness (QED) is 0.0907. The fourth-order valence-electron chi connectivity index (χ4n) is 4.53. The van der Waals surface area contributed by atoms with Crippen molar-refractivity contribution in [3.8, 4) is 0 Å². The smallest absolute Gasteiger partial charge is 0.337 e. The second-order valence-electron chi connectivity index (χ2n) is 9.50. The van der Waals surface area contributed by atoms with Gasteiger partial charge in [0.15, 0.2) is 29.1 Å². The third-order valence-corrected chi connectivity index (χ3v) is 6.74. The van der Waals surface area contributed by atoms with Crippen molar-refractivity contribution < 1.29 is 85.2 Å². The number of carboxylic acids is 3. The number of fused-ring (bicyclic) bond motifs is 1. The molecule has 2 aromatic rings. The molecule has 0 bridgehead atoms. The largest absolute Gasteiger partial charge is 0.481 e. The molecular formula is C22H31N5O17. The molecule has 0 spiro atoms. The number of carboxylic acid groups (broad SMARTS) is 3. The molecule has 1 fully saturated rings. The first-order valence-electron chi connectivity index (χ1n) is 12.2. The SMILES string of the molecule is Nc1ncnc2c1ncn2[C@]1(C(C(=O)O)C(O)(CC(=O)O)C(=O)O)O[C@H](CO)[C@@H](O)[C@H]1O.O=C[C@H](O)[C@@H](O)[C@H](O)[C@H](O)CO. The van der Waals surface area contributed by atoms with E-state index in [0.717, 1.165) is 12.7 Å². The van der Waals surface area contributed by atoms with Crippen molar-refractivity contribution in [2.75, 3.05) is 18.9 Å². The van der Waals surface area contributed by atoms with Gasteiger partial charge < -0.3 is 76.5 Å². The summed E-state index contributed by atoms with van der Waals surface area (Å²) < 4.78 is 6.20. The van der Waals surface area contributed by atoms with Gasteiger partial charge in [-0.2, -0.15) is 0 Å². The number of ether oxygens (including phenoxy) is 1. The number of carbonyl (C=O) groups is 4. The molecule has 0 aromatic carbocycles. The number of nitrogen functional groups attached to an aromatic ring is 1. The Hall–Kier alpha value is -3.97. The molecule has 2 unspecified atom stereocenters. The van der Waals surface area contributed by atoms with E-state index in [-0.39, 0.29) is 23.3 Å². The van der Waals surface area contributed by atoms with Gasteiger partial charge in [0.2, 0.25) is 0 Å². The van der Waals surface area contributed by atoms with Gasteiger partial charge in [-0.05, 0) is 0 Å². The number of aliphatic carboxylic acids is 3. The minimum absolute atomic E-state index is 0.0258. The molecule has 22 heteroatoms. The lowest BCUT2D eigenvalue weighted by Gasteiger charge is -2.43. The molecule has 0 amide bonds. The van der Waals surface area contributed by atoms with Crippen LogP contribution in [-0.4, -0.2) is 167 Å². The van der Waals surface area contributed by atoms with Gasteiger partial charge in [-0.25, -0.2) is 19.7 Å². The predicted molar refractivity (Wildman–Crippen MR) is 135 cm³/mol. The first-order chi connectivity index (χ1) is 20.5. The van der Waals surface area contributed by atoms with Crippen molar-refractivity contribution in [3.63, 3.8) is 0 Å². The van der Waals surface area contributed by atoms with E-state index in [2.05, 4.69) is 15.0 Å². The molecule has 1 aliphatic heterocycles. The van der Waals surface area contributed by atoms with Gasteiger partial charge in [0.05, 0.1) is 26.0 Å². The van der Waals surface area contributed by atoms with Crippen molar-refractivity contribution in [2.24, 2.45) is 5.92 Å². The highest BCUT2D eigenvalue weighted by molar-refractivity contribution is 5.90. The van der Waals surface area contributed by atoms with E-state index in [9.17, 15) is 49.8 Å². The molecule has 14 N–H and O–H groups in total. The standard InChI is InChI=1S/C16H19N5O11.C6H12O6/c17-11-7-12(19-3-18-11)21(4-20-7)16(10(26)8(25)5(2-22)32-16)9(13(27)28)15(31,14(29)30)1-6(23)24;7-1-3(9)5(11)6(12)4(10)2-8/h3-5,8-10,22,25-26,31H,1-2H2,(H,23,24)(H,27,28)(H,29,30)(H2,17,18,19);1,3-6,8-12H,2H2/t5-,8-,9?,10-,15?,16-;3-,4+,5+,6+/m10/s1. The van der Waals surface area contributed by atoms with Crippen LogP contribution in [0.15, 0.2) is 12.7 Å². The van der Waals surface area contributed by atoms with Crippen LogP contribution in [-0.2, 0) is 29.6 Å². The topological polar surface area (TPSA) is 390 Å². The Labute approximate surface area is 244 Å². The van der Waals surface area contributed by atoms with Crippen LogP contribution in [0, 0.1) is 5.92 Å². The number of aldehydes is 1. The lowest BCUT2D eigenvalue weighted by molar-refractivity contribution is -0.237. The molecule has 1 saturated heterocycles. The van der Waals surface area contributed by atoms with Crippen molar-refractivity contribution in [2.45, 2.75) is 60.5 Å². The molecule has 0 radical (unpaired) electrons. The Morgan fingerprint density at radius 2 is 1.68 bits per heavy atom. The average Bonchev–Trinajstić information content (AvgIpc) is 3.51. The number of carbonyl (C=O) groups excluding carboxylic acids is 1. The molecule has 10 atom stereocenters. The molecule has 1 aliphatic rings. The number of nitrogens with two attached hydrogens (primary N) is 1. The van der Waals surface area contributed by atoms with E-state index in [1.165, 1.54) is 0 Å². The van der Waals surface area contributed by atoms with E-state index < -0.39 is 97.5 Å². The number of aliphatic hydroxyl groups excluding tert-OH is 8. The van der Waals surface area contributed by atoms with Gasteiger partial charge >= 0.3 is 17.9 Å². The summed E-state index contributed by atoms with van der Waals surface area (Å²) in [7, 11) is 0. The van der Waals surface area contributed by atoms with Crippen molar-refractivity contribution in [1.29, 1.82) is 0 Å². The lowest BCUT2D eigenvalue weighted by atomic mass is 9.74. The summed E-state index contributed by atoms with van der Waals surface area (Å²) in [5, 5.41) is 114. The Morgan fingerprint density at radius 1 is 1.07 bits per heavy atom. The van der Waals surface area contributed by atoms with Crippen LogP contribution in [0.2, 0.25) is 0 Å². The highest BCUT2D eigenvalue weighted by atomic mass is 16.6. The molecule has 2 aromatic heterocycles. The fraction of sp³-hybridized carbons (Fsp3) is 0.591. The van der Waals surface area contributed by atoms with Crippen molar-refractivity contribution >= 4 is 41.2 Å². The Balaban J connectivity index is 0.000000477. The summed E-state index contributed by atoms with van der Waals surface area (Å²) in [6, 6.07) is 0. The molecule has 0 aliphatic carbocycles. The zero-order valence-corrected chi connectivity index (χ0v) is 22.2. The third kappa shape index (κ3) is 6.58. The summed E-state index contributed by atoms with van der Waals surface area (Å²) in [4.78, 5) is 56.9. The van der Waals surface area contributed by atoms with E-state index >= 15 is 0 Å². The summed E-state index contributed by atoms with van der Waals surface area (Å²) in [6.45, 7) is -1.72. The summed E-state index contributed by atoms with van der Waals surface area (Å²) in [6.07, 6.45) is -12.7. The first-order valence-corrected chi connectivity index (χ1v) is 12.2. The monoisotopic (exact) mass is 637 g/mol. The Morgan fingerprint density at radius 3 is 2.14 bits per heavy atom. The zero-order chi connectivity index (χ0) is 33.7. The highest BCUT2D eigenvalue weighted by Gasteiger charge is 2.70. The van der Waals surface area contributed by atoms with E-state index in [1.807, 2.05) is 0 Å². The molecular weight excluding hydrogens is 606 g/mol. The van der Waals surface area contributed by atoms with E-state index in [4.69, 9.17) is 41.1 Å². The number of aliphatic hydroxyl groups is 9. The minimum atomic E-state index is -3.57. The number of hydrogen-bond acceptors (Lipinski definition) is 18. The number of rotatable bonds is 13. The van der Waals surface area contributed by atoms with Crippen molar-refractivity contribution in [3.05, 3.63) is 12.7 Å². The van der Waals surface area contributed by atoms with E-state index in [1.54, 1.807) is 0 Å². The zero-order valence-electron chi connectivity index (χ0n) is 22.2. The number of nitrogens with zero attached hydrogens (tertiary/aromatic N) is 4. The number of anilines is 1. The van der Waals surface area contributed by atoms with Crippen LogP contribution in [0.5, 0.6) is 0 Å². The van der Waals surface area contributed by atoms with Crippen LogP contribution in [0.4, 0.5) is 5.82 Å². The third-order valence-electron chi connectivity index (χ3n) is 6.74. The summed E-state index contributed by atoms with van der Waals surface area (Å²) in [5.74, 6) is -9.21. The molecule has 22 nitrogen and oxygen atoms in total. The van der Waals surface area contributed by atoms with Crippen LogP contribution in [0.25, 0.3) is 11.2 Å². The maximum atomic E-state index is 12.3. The first kappa shape index (κ1) is 36.2. The summed E-state index contributed by atoms with van der Waals surface area (Å²) in [5.41, 5.74) is -1.20. The predicted octanol–water partition coefficient (Wildman–Crippen LogP) is -7.21. The highest BCUT2D eigenvalue weighted by Crippen LogP contribution is 2.48. The molecule has 3 heterocycles. The van der Waals surface area contributed by atoms with Crippen LogP contribution in [0.3, 0.4) is 0 Å². The Bertz CT molecular complexity index is 1340. The van der Waals surface area contributed by atoms with Gasteiger partial charge in [0, 0.05) is 0 Å². The van der Waals surface area contributed by atoms with Gasteiger partial charge in [-0.1, -0.05) is 0 Å². The van der Waals surface area contributed by atoms with Gasteiger partial charge in [0.25, 0.3) is 0 Å². The number of aromatic nitrogens is 4. The molecule has 44 heavy (non-hydrogen) atoms. The van der Waals surface area contributed by atoms with E-state index in [0.29, 0.717) is 4.57 Å². The number of imidazole rings is 1. The molecule has 0 saturated carbocycles. The minimum Gasteiger partial charge on any atom is -0.481 e. The molecule has 3 rings (SSSR count). The normalized spacial score (nSPS) is 26.3. The van der Waals surface area contributed by atoms with Gasteiger partial charge in [-0.15, -0.1) is 0 Å². The van der Waals surface area contributed by atoms with Crippen LogP contribution in [0.1, 0.15) is 6.42 Å². The lowest BCUT2D eigenvalue weighted by Crippen LogP contribution is -2.64. The van der Waals surface area contributed by atoms with Crippen molar-refractivity contribution in [1.82, 2.24) is 19.5 Å². The van der Waals surface area contributed by atoms with Crippen LogP contribution < -0.4 is 5.73 Å². The van der Waals surface area contributed by atoms with Gasteiger partial charge in [0.1, 0.15) is 60.5 Å². The molecule has 246 valence electrons. The second-order valence-corrected chi connectivity index (χ2v) is 9.50. The fourth-order valence-corrected chi connectivity index (χ4v) is 4.53.